The number of aryl methyl sites for hydroxylation is 1. The lowest BCUT2D eigenvalue weighted by Crippen LogP contribution is -2.40. The number of likely N-dealkylation sites (N-methyl/N-ethyl adjacent to an activating group) is 1. The molecule has 1 fully saturated rings. The van der Waals surface area contributed by atoms with Crippen molar-refractivity contribution in [2.45, 2.75) is 44.7 Å². The van der Waals surface area contributed by atoms with E-state index in [0.29, 0.717) is 18.6 Å². The van der Waals surface area contributed by atoms with Crippen LogP contribution in [0.15, 0.2) is 12.4 Å². The Bertz CT molecular complexity index is 366. The van der Waals surface area contributed by atoms with E-state index in [2.05, 4.69) is 30.2 Å². The van der Waals surface area contributed by atoms with E-state index in [-0.39, 0.29) is 0 Å². The van der Waals surface area contributed by atoms with Gasteiger partial charge in [0.05, 0.1) is 12.2 Å². The van der Waals surface area contributed by atoms with Crippen molar-refractivity contribution in [2.24, 2.45) is 18.7 Å². The van der Waals surface area contributed by atoms with Crippen molar-refractivity contribution in [2.75, 3.05) is 13.6 Å². The minimum atomic E-state index is 0.303. The largest absolute Gasteiger partial charge is 0.329 e. The van der Waals surface area contributed by atoms with Gasteiger partial charge in [0.25, 0.3) is 0 Å². The Kier molecular flexibility index (Phi) is 4.40. The van der Waals surface area contributed by atoms with Gasteiger partial charge in [0.1, 0.15) is 0 Å². The van der Waals surface area contributed by atoms with E-state index in [1.807, 2.05) is 17.9 Å². The van der Waals surface area contributed by atoms with E-state index in [1.54, 1.807) is 0 Å². The Morgan fingerprint density at radius 2 is 2.11 bits per heavy atom. The fraction of sp³-hybridized carbons (Fsp3) is 0.786. The highest BCUT2D eigenvalue weighted by atomic mass is 15.3. The molecule has 2 rings (SSSR count). The summed E-state index contributed by atoms with van der Waals surface area (Å²) in [5, 5.41) is 4.26. The highest BCUT2D eigenvalue weighted by molar-refractivity contribution is 5.11. The third-order valence-electron chi connectivity index (χ3n) is 4.39. The lowest BCUT2D eigenvalue weighted by atomic mass is 9.86. The Balaban J connectivity index is 2.03. The van der Waals surface area contributed by atoms with Crippen LogP contribution in [0.25, 0.3) is 0 Å². The van der Waals surface area contributed by atoms with Gasteiger partial charge < -0.3 is 5.73 Å². The third-order valence-corrected chi connectivity index (χ3v) is 4.39. The van der Waals surface area contributed by atoms with E-state index in [0.717, 1.165) is 5.92 Å². The summed E-state index contributed by atoms with van der Waals surface area (Å²) in [5.74, 6) is 0.893. The fourth-order valence-corrected chi connectivity index (χ4v) is 3.05. The van der Waals surface area contributed by atoms with Crippen LogP contribution in [0, 0.1) is 5.92 Å². The van der Waals surface area contributed by atoms with Crippen LogP contribution in [0.3, 0.4) is 0 Å². The minimum Gasteiger partial charge on any atom is -0.329 e. The van der Waals surface area contributed by atoms with E-state index >= 15 is 0 Å². The lowest BCUT2D eigenvalue weighted by molar-refractivity contribution is 0.126. The molecular formula is C14H26N4. The first-order valence-corrected chi connectivity index (χ1v) is 7.02. The van der Waals surface area contributed by atoms with Crippen LogP contribution in [-0.2, 0) is 7.05 Å². The predicted molar refractivity (Wildman–Crippen MR) is 74.2 cm³/mol. The molecule has 0 spiro atoms. The van der Waals surface area contributed by atoms with Crippen molar-refractivity contribution in [1.29, 1.82) is 0 Å². The molecule has 102 valence electrons. The van der Waals surface area contributed by atoms with Gasteiger partial charge in [-0.3, -0.25) is 9.58 Å². The maximum absolute atomic E-state index is 5.97. The second kappa shape index (κ2) is 5.85. The fourth-order valence-electron chi connectivity index (χ4n) is 3.05. The van der Waals surface area contributed by atoms with Gasteiger partial charge in [0.15, 0.2) is 0 Å². The summed E-state index contributed by atoms with van der Waals surface area (Å²) in [6.07, 6.45) is 9.32. The average molecular weight is 250 g/mol. The van der Waals surface area contributed by atoms with Crippen LogP contribution in [0.2, 0.25) is 0 Å². The second-order valence-corrected chi connectivity index (χ2v) is 5.78. The topological polar surface area (TPSA) is 47.1 Å². The molecule has 0 aromatic carbocycles. The first-order valence-electron chi connectivity index (χ1n) is 7.02. The van der Waals surface area contributed by atoms with Crippen molar-refractivity contribution in [3.63, 3.8) is 0 Å². The van der Waals surface area contributed by atoms with Crippen LogP contribution < -0.4 is 5.73 Å². The zero-order chi connectivity index (χ0) is 13.1. The molecule has 1 heterocycles. The smallest absolute Gasteiger partial charge is 0.0538 e. The highest BCUT2D eigenvalue weighted by Crippen LogP contribution is 2.30. The summed E-state index contributed by atoms with van der Waals surface area (Å²) in [7, 11) is 4.17. The van der Waals surface area contributed by atoms with E-state index in [9.17, 15) is 0 Å². The summed E-state index contributed by atoms with van der Waals surface area (Å²) < 4.78 is 1.86. The molecule has 1 aromatic rings. The van der Waals surface area contributed by atoms with Crippen LogP contribution in [0.1, 0.15) is 44.2 Å². The summed E-state index contributed by atoms with van der Waals surface area (Å²) in [4.78, 5) is 2.46. The molecule has 1 aliphatic rings. The third kappa shape index (κ3) is 2.93. The average Bonchev–Trinajstić information content (AvgIpc) is 2.77. The van der Waals surface area contributed by atoms with E-state index < -0.39 is 0 Å². The number of rotatable bonds is 4. The molecule has 0 aliphatic heterocycles. The lowest BCUT2D eigenvalue weighted by Gasteiger charge is -2.38. The van der Waals surface area contributed by atoms with E-state index in [1.165, 1.54) is 31.2 Å². The first-order chi connectivity index (χ1) is 8.61. The minimum absolute atomic E-state index is 0.303. The Hall–Kier alpha value is -0.870. The molecule has 1 aliphatic carbocycles. The molecule has 2 N–H and O–H groups in total. The van der Waals surface area contributed by atoms with Crippen molar-refractivity contribution >= 4 is 0 Å². The predicted octanol–water partition coefficient (Wildman–Crippen LogP) is 1.93. The molecular weight excluding hydrogens is 224 g/mol. The van der Waals surface area contributed by atoms with Gasteiger partial charge in [-0.15, -0.1) is 0 Å². The maximum Gasteiger partial charge on any atom is 0.0538 e. The second-order valence-electron chi connectivity index (χ2n) is 5.78. The quantitative estimate of drug-likeness (QED) is 0.888. The van der Waals surface area contributed by atoms with Crippen LogP contribution in [-0.4, -0.2) is 34.3 Å². The number of nitrogens with zero attached hydrogens (tertiary/aromatic N) is 3. The number of hydrogen-bond donors (Lipinski definition) is 1. The first kappa shape index (κ1) is 13.6. The molecule has 0 bridgehead atoms. The van der Waals surface area contributed by atoms with Crippen molar-refractivity contribution < 1.29 is 0 Å². The van der Waals surface area contributed by atoms with Gasteiger partial charge in [-0.05, 0) is 38.6 Å². The molecule has 4 heteroatoms. The monoisotopic (exact) mass is 250 g/mol. The van der Waals surface area contributed by atoms with Gasteiger partial charge in [-0.1, -0.05) is 6.92 Å². The Labute approximate surface area is 110 Å². The van der Waals surface area contributed by atoms with Gasteiger partial charge in [0, 0.05) is 31.4 Å². The SMILES string of the molecule is CC1CCC(N(C)C(CN)c2cnn(C)c2)CC1. The molecule has 18 heavy (non-hydrogen) atoms. The van der Waals surface area contributed by atoms with Crippen molar-refractivity contribution in [3.8, 4) is 0 Å². The molecule has 0 radical (unpaired) electrons. The highest BCUT2D eigenvalue weighted by Gasteiger charge is 2.27. The Morgan fingerprint density at radius 1 is 1.44 bits per heavy atom. The number of nitrogens with two attached hydrogens (primary N) is 1. The van der Waals surface area contributed by atoms with Crippen LogP contribution in [0.5, 0.6) is 0 Å². The molecule has 1 unspecified atom stereocenters. The molecule has 4 nitrogen and oxygen atoms in total. The molecule has 0 amide bonds. The number of aromatic nitrogens is 2. The summed E-state index contributed by atoms with van der Waals surface area (Å²) >= 11 is 0. The molecule has 1 atom stereocenters. The zero-order valence-electron chi connectivity index (χ0n) is 11.8. The zero-order valence-corrected chi connectivity index (χ0v) is 11.8. The molecule has 1 saturated carbocycles. The summed E-state index contributed by atoms with van der Waals surface area (Å²) in [5.41, 5.74) is 7.21. The summed E-state index contributed by atoms with van der Waals surface area (Å²) in [6, 6.07) is 0.979. The van der Waals surface area contributed by atoms with Crippen molar-refractivity contribution in [3.05, 3.63) is 18.0 Å². The molecule has 0 saturated heterocycles. The van der Waals surface area contributed by atoms with Gasteiger partial charge in [0.2, 0.25) is 0 Å². The normalized spacial score (nSPS) is 26.5. The van der Waals surface area contributed by atoms with Crippen molar-refractivity contribution in [1.82, 2.24) is 14.7 Å². The summed E-state index contributed by atoms with van der Waals surface area (Å²) in [6.45, 7) is 3.02. The van der Waals surface area contributed by atoms with Gasteiger partial charge in [-0.25, -0.2) is 0 Å². The van der Waals surface area contributed by atoms with Crippen LogP contribution >= 0.6 is 0 Å². The standard InChI is InChI=1S/C14H26N4/c1-11-4-6-13(7-5-11)18(3)14(8-15)12-9-16-17(2)10-12/h9-11,13-14H,4-8,15H2,1-3H3. The Morgan fingerprint density at radius 3 is 2.61 bits per heavy atom. The van der Waals surface area contributed by atoms with Crippen LogP contribution in [0.4, 0.5) is 0 Å². The number of hydrogen-bond acceptors (Lipinski definition) is 3. The molecule has 1 aromatic heterocycles. The maximum atomic E-state index is 5.97. The van der Waals surface area contributed by atoms with Gasteiger partial charge in [-0.2, -0.15) is 5.10 Å². The van der Waals surface area contributed by atoms with E-state index in [4.69, 9.17) is 5.73 Å². The van der Waals surface area contributed by atoms with Gasteiger partial charge >= 0.3 is 0 Å².